The van der Waals surface area contributed by atoms with Crippen molar-refractivity contribution in [3.63, 3.8) is 0 Å². The van der Waals surface area contributed by atoms with Crippen LogP contribution in [0.15, 0.2) is 200 Å². The van der Waals surface area contributed by atoms with Crippen molar-refractivity contribution in [2.24, 2.45) is 0 Å². The molecule has 0 unspecified atom stereocenters. The van der Waals surface area contributed by atoms with Gasteiger partial charge < -0.3 is 5.32 Å². The first-order valence-electron chi connectivity index (χ1n) is 20.8. The van der Waals surface area contributed by atoms with Crippen molar-refractivity contribution in [1.29, 1.82) is 0 Å². The second-order valence-corrected chi connectivity index (χ2v) is 16.6. The van der Waals surface area contributed by atoms with E-state index in [1.54, 1.807) is 0 Å². The Balaban J connectivity index is 1.05. The second kappa shape index (κ2) is 13.9. The SMILES string of the molecule is CNc1cccc(-c2cccc(-c3nc(-c4ccccc4)cc(-c4ccc(-c5cccc6c5-c5ccccc5C65c6ccccc6C(C)(C)c6ccccc65)cc4)n3)c2)c1. The van der Waals surface area contributed by atoms with Gasteiger partial charge in [0.25, 0.3) is 0 Å². The maximum absolute atomic E-state index is 5.25. The van der Waals surface area contributed by atoms with E-state index in [9.17, 15) is 0 Å². The third-order valence-electron chi connectivity index (χ3n) is 13.0. The minimum Gasteiger partial charge on any atom is -0.388 e. The number of fused-ring (bicyclic) bond motifs is 9. The van der Waals surface area contributed by atoms with Crippen molar-refractivity contribution < 1.29 is 0 Å². The molecule has 0 saturated heterocycles. The molecule has 0 amide bonds. The van der Waals surface area contributed by atoms with E-state index in [4.69, 9.17) is 9.97 Å². The fourth-order valence-electron chi connectivity index (χ4n) is 10.1. The molecule has 1 N–H and O–H groups in total. The first-order valence-corrected chi connectivity index (χ1v) is 20.8. The molecular formula is C57H43N3. The number of hydrogen-bond acceptors (Lipinski definition) is 3. The number of rotatable bonds is 6. The standard InChI is InChI=1S/C57H43N3/c1-56(2)47-25-9-11-27-49(47)57(50-28-12-10-26-48(50)56)46-24-8-7-22-45(46)54-44(23-15-29-51(54)57)37-30-32-39(33-31-37)53-36-52(38-16-5-4-6-17-38)59-55(60-53)42-20-13-18-40(34-42)41-19-14-21-43(35-41)58-3/h4-36,58H,1-3H3. The Morgan fingerprint density at radius 2 is 0.850 bits per heavy atom. The third kappa shape index (κ3) is 5.43. The van der Waals surface area contributed by atoms with Crippen LogP contribution in [0.2, 0.25) is 0 Å². The lowest BCUT2D eigenvalue weighted by Gasteiger charge is -2.46. The molecule has 286 valence electrons. The Bertz CT molecular complexity index is 3060. The van der Waals surface area contributed by atoms with Gasteiger partial charge in [0, 0.05) is 34.8 Å². The van der Waals surface area contributed by atoms with Crippen LogP contribution in [0.4, 0.5) is 5.69 Å². The topological polar surface area (TPSA) is 37.8 Å². The number of anilines is 1. The van der Waals surface area contributed by atoms with E-state index in [2.05, 4.69) is 213 Å². The monoisotopic (exact) mass is 769 g/mol. The molecule has 0 bridgehead atoms. The summed E-state index contributed by atoms with van der Waals surface area (Å²) in [5, 5.41) is 3.26. The van der Waals surface area contributed by atoms with Crippen molar-refractivity contribution in [3.05, 3.63) is 234 Å². The largest absolute Gasteiger partial charge is 0.388 e. The van der Waals surface area contributed by atoms with Crippen LogP contribution in [0.1, 0.15) is 47.2 Å². The van der Waals surface area contributed by atoms with Crippen LogP contribution in [-0.2, 0) is 10.8 Å². The zero-order valence-electron chi connectivity index (χ0n) is 33.9. The average molecular weight is 770 g/mol. The average Bonchev–Trinajstić information content (AvgIpc) is 3.62. The Kier molecular flexibility index (Phi) is 8.28. The summed E-state index contributed by atoms with van der Waals surface area (Å²) in [6.07, 6.45) is 0. The van der Waals surface area contributed by atoms with Crippen LogP contribution < -0.4 is 5.32 Å². The minimum absolute atomic E-state index is 0.133. The number of aromatic nitrogens is 2. The smallest absolute Gasteiger partial charge is 0.160 e. The normalized spacial score (nSPS) is 13.8. The molecule has 9 aromatic rings. The highest BCUT2D eigenvalue weighted by Crippen LogP contribution is 2.63. The van der Waals surface area contributed by atoms with Crippen LogP contribution in [0.3, 0.4) is 0 Å². The summed E-state index contributed by atoms with van der Waals surface area (Å²) >= 11 is 0. The molecule has 0 aliphatic heterocycles. The van der Waals surface area contributed by atoms with Gasteiger partial charge >= 0.3 is 0 Å². The zero-order chi connectivity index (χ0) is 40.4. The number of nitrogens with one attached hydrogen (secondary N) is 1. The molecule has 0 radical (unpaired) electrons. The van der Waals surface area contributed by atoms with Gasteiger partial charge in [-0.25, -0.2) is 9.97 Å². The van der Waals surface area contributed by atoms with Crippen LogP contribution in [0.25, 0.3) is 67.3 Å². The predicted octanol–water partition coefficient (Wildman–Crippen LogP) is 13.9. The number of benzene rings is 8. The minimum atomic E-state index is -0.428. The van der Waals surface area contributed by atoms with Crippen LogP contribution >= 0.6 is 0 Å². The predicted molar refractivity (Wildman–Crippen MR) is 248 cm³/mol. The molecule has 8 aromatic carbocycles. The molecule has 60 heavy (non-hydrogen) atoms. The van der Waals surface area contributed by atoms with Crippen molar-refractivity contribution >= 4 is 5.69 Å². The van der Waals surface area contributed by atoms with Gasteiger partial charge in [-0.1, -0.05) is 190 Å². The summed E-state index contributed by atoms with van der Waals surface area (Å²) in [7, 11) is 1.95. The van der Waals surface area contributed by atoms with E-state index in [-0.39, 0.29) is 5.41 Å². The summed E-state index contributed by atoms with van der Waals surface area (Å²) in [5.74, 6) is 0.695. The Hall–Kier alpha value is -7.36. The van der Waals surface area contributed by atoms with Crippen LogP contribution in [-0.4, -0.2) is 17.0 Å². The lowest BCUT2D eigenvalue weighted by Crippen LogP contribution is -2.40. The zero-order valence-corrected chi connectivity index (χ0v) is 33.9. The van der Waals surface area contributed by atoms with Gasteiger partial charge in [0.2, 0.25) is 0 Å². The van der Waals surface area contributed by atoms with Crippen LogP contribution in [0, 0.1) is 0 Å². The molecular weight excluding hydrogens is 727 g/mol. The van der Waals surface area contributed by atoms with E-state index in [0.29, 0.717) is 5.82 Å². The summed E-state index contributed by atoms with van der Waals surface area (Å²) in [4.78, 5) is 10.4. The molecule has 3 nitrogen and oxygen atoms in total. The van der Waals surface area contributed by atoms with Crippen molar-refractivity contribution in [3.8, 4) is 67.3 Å². The molecule has 0 saturated carbocycles. The van der Waals surface area contributed by atoms with Gasteiger partial charge in [-0.3, -0.25) is 0 Å². The van der Waals surface area contributed by atoms with Gasteiger partial charge in [0.1, 0.15) is 0 Å². The molecule has 0 atom stereocenters. The molecule has 3 heteroatoms. The molecule has 11 rings (SSSR count). The van der Waals surface area contributed by atoms with E-state index in [0.717, 1.165) is 44.9 Å². The van der Waals surface area contributed by atoms with E-state index in [1.807, 2.05) is 13.1 Å². The van der Waals surface area contributed by atoms with E-state index in [1.165, 1.54) is 55.6 Å². The van der Waals surface area contributed by atoms with Gasteiger partial charge in [0.15, 0.2) is 5.82 Å². The third-order valence-corrected chi connectivity index (χ3v) is 13.0. The maximum atomic E-state index is 5.25. The highest BCUT2D eigenvalue weighted by molar-refractivity contribution is 5.96. The number of nitrogens with zero attached hydrogens (tertiary/aromatic N) is 2. The quantitative estimate of drug-likeness (QED) is 0.183. The van der Waals surface area contributed by atoms with Gasteiger partial charge in [-0.15, -0.1) is 0 Å². The highest BCUT2D eigenvalue weighted by atomic mass is 14.9. The van der Waals surface area contributed by atoms with Crippen molar-refractivity contribution in [2.45, 2.75) is 24.7 Å². The molecule has 1 spiro atoms. The molecule has 2 aliphatic carbocycles. The first-order chi connectivity index (χ1) is 29.4. The van der Waals surface area contributed by atoms with Gasteiger partial charge in [-0.05, 0) is 91.0 Å². The fourth-order valence-corrected chi connectivity index (χ4v) is 10.1. The first kappa shape index (κ1) is 35.8. The summed E-state index contributed by atoms with van der Waals surface area (Å²) < 4.78 is 0. The lowest BCUT2D eigenvalue weighted by atomic mass is 9.55. The molecule has 1 aromatic heterocycles. The highest BCUT2D eigenvalue weighted by Gasteiger charge is 2.53. The summed E-state index contributed by atoms with van der Waals surface area (Å²) in [6.45, 7) is 4.75. The van der Waals surface area contributed by atoms with Gasteiger partial charge in [-0.2, -0.15) is 0 Å². The van der Waals surface area contributed by atoms with Crippen LogP contribution in [0.5, 0.6) is 0 Å². The van der Waals surface area contributed by atoms with E-state index < -0.39 is 5.41 Å². The fraction of sp³-hybridized carbons (Fsp3) is 0.0877. The van der Waals surface area contributed by atoms with Crippen molar-refractivity contribution in [1.82, 2.24) is 9.97 Å². The van der Waals surface area contributed by atoms with Gasteiger partial charge in [0.05, 0.1) is 16.8 Å². The summed E-state index contributed by atoms with van der Waals surface area (Å²) in [5.41, 5.74) is 20.8. The Morgan fingerprint density at radius 3 is 1.53 bits per heavy atom. The summed E-state index contributed by atoms with van der Waals surface area (Å²) in [6, 6.07) is 72.8. The maximum Gasteiger partial charge on any atom is 0.160 e. The number of hydrogen-bond donors (Lipinski definition) is 1. The molecule has 0 fully saturated rings. The van der Waals surface area contributed by atoms with Crippen molar-refractivity contribution in [2.75, 3.05) is 12.4 Å². The Morgan fingerprint density at radius 1 is 0.367 bits per heavy atom. The molecule has 2 aliphatic rings. The lowest BCUT2D eigenvalue weighted by molar-refractivity contribution is 0.563. The molecule has 1 heterocycles. The van der Waals surface area contributed by atoms with E-state index >= 15 is 0 Å². The second-order valence-electron chi connectivity index (χ2n) is 16.6. The Labute approximate surface area is 352 Å².